The summed E-state index contributed by atoms with van der Waals surface area (Å²) in [7, 11) is 0. The van der Waals surface area contributed by atoms with Crippen LogP contribution in [0.1, 0.15) is 42.5 Å². The third-order valence-corrected chi connectivity index (χ3v) is 4.13. The Morgan fingerprint density at radius 2 is 1.87 bits per heavy atom. The zero-order valence-electron chi connectivity index (χ0n) is 14.0. The monoisotopic (exact) mass is 337 g/mol. The van der Waals surface area contributed by atoms with Crippen molar-refractivity contribution in [3.63, 3.8) is 0 Å². The van der Waals surface area contributed by atoms with Gasteiger partial charge in [-0.2, -0.15) is 0 Å². The van der Waals surface area contributed by atoms with Crippen LogP contribution in [0.2, 0.25) is 5.02 Å². The molecule has 0 aliphatic rings. The molecule has 2 aromatic rings. The van der Waals surface area contributed by atoms with Gasteiger partial charge in [0.2, 0.25) is 0 Å². The number of ether oxygens (including phenoxy) is 2. The Morgan fingerprint density at radius 1 is 1.17 bits per heavy atom. The average molecular weight is 338 g/mol. The van der Waals surface area contributed by atoms with Crippen LogP contribution in [0.25, 0.3) is 0 Å². The number of hydrogen-bond donors (Lipinski definition) is 0. The fourth-order valence-electron chi connectivity index (χ4n) is 2.37. The molecule has 0 N–H and O–H groups in total. The number of benzene rings is 1. The van der Waals surface area contributed by atoms with Crippen LogP contribution in [0, 0.1) is 26.6 Å². The first-order chi connectivity index (χ1) is 10.8. The Hall–Kier alpha value is -1.65. The van der Waals surface area contributed by atoms with Gasteiger partial charge in [0, 0.05) is 17.9 Å². The van der Waals surface area contributed by atoms with Gasteiger partial charge in [0.15, 0.2) is 0 Å². The fourth-order valence-corrected chi connectivity index (χ4v) is 2.68. The molecule has 0 amide bonds. The molecule has 0 spiro atoms. The highest BCUT2D eigenvalue weighted by molar-refractivity contribution is 6.31. The summed E-state index contributed by atoms with van der Waals surface area (Å²) < 4.78 is 25.4. The van der Waals surface area contributed by atoms with Crippen LogP contribution in [0.3, 0.4) is 0 Å². The summed E-state index contributed by atoms with van der Waals surface area (Å²) in [4.78, 5) is 4.46. The van der Waals surface area contributed by atoms with E-state index in [4.69, 9.17) is 21.1 Å². The minimum atomic E-state index is -0.490. The standard InChI is InChI=1S/C18H21ClFNO2/c1-6-22-13(5)17-15(8-7-14(20)18(17)19)23-16-9-10(2)11(3)21-12(16)4/h7-9,13H,6H2,1-5H3. The molecule has 1 aromatic carbocycles. The second-order valence-electron chi connectivity index (χ2n) is 5.45. The lowest BCUT2D eigenvalue weighted by atomic mass is 10.1. The van der Waals surface area contributed by atoms with Crippen molar-refractivity contribution in [2.75, 3.05) is 6.61 Å². The summed E-state index contributed by atoms with van der Waals surface area (Å²) in [5.74, 6) is 0.613. The average Bonchev–Trinajstić information content (AvgIpc) is 2.48. The topological polar surface area (TPSA) is 31.4 Å². The Balaban J connectivity index is 2.48. The molecule has 0 aliphatic heterocycles. The molecule has 0 saturated carbocycles. The minimum absolute atomic E-state index is 0.0258. The van der Waals surface area contributed by atoms with Gasteiger partial charge >= 0.3 is 0 Å². The summed E-state index contributed by atoms with van der Waals surface area (Å²) in [6.07, 6.45) is -0.377. The molecule has 0 saturated heterocycles. The maximum atomic E-state index is 13.8. The Bertz CT molecular complexity index is 719. The number of hydrogen-bond acceptors (Lipinski definition) is 3. The van der Waals surface area contributed by atoms with Crippen LogP contribution in [0.4, 0.5) is 4.39 Å². The molecular formula is C18H21ClFNO2. The summed E-state index contributed by atoms with van der Waals surface area (Å²) >= 11 is 6.14. The summed E-state index contributed by atoms with van der Waals surface area (Å²) in [5.41, 5.74) is 3.25. The highest BCUT2D eigenvalue weighted by Gasteiger charge is 2.20. The van der Waals surface area contributed by atoms with Gasteiger partial charge in [-0.25, -0.2) is 4.39 Å². The third kappa shape index (κ3) is 3.82. The normalized spacial score (nSPS) is 12.3. The van der Waals surface area contributed by atoms with E-state index in [1.165, 1.54) is 6.07 Å². The highest BCUT2D eigenvalue weighted by atomic mass is 35.5. The van der Waals surface area contributed by atoms with Crippen LogP contribution in [-0.2, 0) is 4.74 Å². The second kappa shape index (κ2) is 7.28. The molecule has 2 rings (SSSR count). The number of pyridine rings is 1. The summed E-state index contributed by atoms with van der Waals surface area (Å²) in [6, 6.07) is 4.79. The van der Waals surface area contributed by atoms with E-state index in [9.17, 15) is 4.39 Å². The first-order valence-corrected chi connectivity index (χ1v) is 7.95. The Labute approximate surface area is 141 Å². The van der Waals surface area contributed by atoms with Crippen molar-refractivity contribution in [1.29, 1.82) is 0 Å². The van der Waals surface area contributed by atoms with E-state index in [2.05, 4.69) is 4.98 Å². The van der Waals surface area contributed by atoms with E-state index in [0.29, 0.717) is 23.7 Å². The molecule has 124 valence electrons. The van der Waals surface area contributed by atoms with Crippen LogP contribution in [0.15, 0.2) is 18.2 Å². The molecule has 0 fully saturated rings. The van der Waals surface area contributed by atoms with Crippen LogP contribution < -0.4 is 4.74 Å². The van der Waals surface area contributed by atoms with Crippen molar-refractivity contribution >= 4 is 11.6 Å². The van der Waals surface area contributed by atoms with Gasteiger partial charge in [-0.1, -0.05) is 11.6 Å². The largest absolute Gasteiger partial charge is 0.455 e. The quantitative estimate of drug-likeness (QED) is 0.702. The van der Waals surface area contributed by atoms with E-state index in [1.54, 1.807) is 6.07 Å². The molecule has 0 radical (unpaired) electrons. The first kappa shape index (κ1) is 17.7. The zero-order chi connectivity index (χ0) is 17.1. The summed E-state index contributed by atoms with van der Waals surface area (Å²) in [5, 5.41) is 0.0258. The van der Waals surface area contributed by atoms with E-state index >= 15 is 0 Å². The van der Waals surface area contributed by atoms with Crippen molar-refractivity contribution < 1.29 is 13.9 Å². The molecule has 1 atom stereocenters. The van der Waals surface area contributed by atoms with Gasteiger partial charge in [0.1, 0.15) is 17.3 Å². The third-order valence-electron chi connectivity index (χ3n) is 3.75. The van der Waals surface area contributed by atoms with Crippen LogP contribution in [-0.4, -0.2) is 11.6 Å². The van der Waals surface area contributed by atoms with E-state index < -0.39 is 5.82 Å². The van der Waals surface area contributed by atoms with Crippen molar-refractivity contribution in [1.82, 2.24) is 4.98 Å². The number of nitrogens with zero attached hydrogens (tertiary/aromatic N) is 1. The maximum Gasteiger partial charge on any atom is 0.148 e. The number of rotatable bonds is 5. The van der Waals surface area contributed by atoms with Gasteiger partial charge in [-0.15, -0.1) is 0 Å². The Morgan fingerprint density at radius 3 is 2.52 bits per heavy atom. The lowest BCUT2D eigenvalue weighted by molar-refractivity contribution is 0.0747. The molecule has 1 aromatic heterocycles. The van der Waals surface area contributed by atoms with Gasteiger partial charge < -0.3 is 9.47 Å². The molecule has 1 unspecified atom stereocenters. The molecule has 5 heteroatoms. The first-order valence-electron chi connectivity index (χ1n) is 7.57. The lowest BCUT2D eigenvalue weighted by Gasteiger charge is -2.19. The highest BCUT2D eigenvalue weighted by Crippen LogP contribution is 2.38. The predicted octanol–water partition coefficient (Wildman–Crippen LogP) is 5.69. The van der Waals surface area contributed by atoms with Crippen LogP contribution in [0.5, 0.6) is 11.5 Å². The van der Waals surface area contributed by atoms with E-state index in [-0.39, 0.29) is 11.1 Å². The smallest absolute Gasteiger partial charge is 0.148 e. The molecule has 0 bridgehead atoms. The van der Waals surface area contributed by atoms with Crippen molar-refractivity contribution in [3.05, 3.63) is 51.6 Å². The van der Waals surface area contributed by atoms with Crippen molar-refractivity contribution in [2.45, 2.75) is 40.7 Å². The number of halogens is 2. The Kier molecular flexibility index (Phi) is 5.60. The predicted molar refractivity (Wildman–Crippen MR) is 90.0 cm³/mol. The molecule has 3 nitrogen and oxygen atoms in total. The second-order valence-corrected chi connectivity index (χ2v) is 5.83. The van der Waals surface area contributed by atoms with Gasteiger partial charge in [-0.05, 0) is 58.4 Å². The van der Waals surface area contributed by atoms with E-state index in [1.807, 2.05) is 40.7 Å². The fraction of sp³-hybridized carbons (Fsp3) is 0.389. The van der Waals surface area contributed by atoms with Crippen LogP contribution >= 0.6 is 11.6 Å². The molecule has 23 heavy (non-hydrogen) atoms. The minimum Gasteiger partial charge on any atom is -0.455 e. The van der Waals surface area contributed by atoms with Gasteiger partial charge in [-0.3, -0.25) is 4.98 Å². The number of aryl methyl sites for hydroxylation is 3. The molecule has 1 heterocycles. The zero-order valence-corrected chi connectivity index (χ0v) is 14.8. The summed E-state index contributed by atoms with van der Waals surface area (Å²) in [6.45, 7) is 9.99. The SMILES string of the molecule is CCOC(C)c1c(Oc2cc(C)c(C)nc2C)ccc(F)c1Cl. The van der Waals surface area contributed by atoms with E-state index in [0.717, 1.165) is 17.0 Å². The maximum absolute atomic E-state index is 13.8. The lowest BCUT2D eigenvalue weighted by Crippen LogP contribution is -2.05. The molecular weight excluding hydrogens is 317 g/mol. The van der Waals surface area contributed by atoms with Gasteiger partial charge in [0.05, 0.1) is 16.8 Å². The van der Waals surface area contributed by atoms with Crippen molar-refractivity contribution in [2.24, 2.45) is 0 Å². The van der Waals surface area contributed by atoms with Crippen molar-refractivity contribution in [3.8, 4) is 11.5 Å². The molecule has 0 aliphatic carbocycles. The number of aromatic nitrogens is 1. The van der Waals surface area contributed by atoms with Gasteiger partial charge in [0.25, 0.3) is 0 Å².